The molecule has 10 heteroatoms. The SMILES string of the molecule is COc1ccc(CN(C)CC(=O)Nc2c(C#N)c(C)c(C)n2-c2ccc(F)cc2)cc1OC(F)F. The Morgan fingerprint density at radius 2 is 1.86 bits per heavy atom. The Balaban J connectivity index is 1.78. The molecule has 0 atom stereocenters. The molecule has 1 aromatic heterocycles. The van der Waals surface area contributed by atoms with Gasteiger partial charge in [0.15, 0.2) is 11.5 Å². The predicted octanol–water partition coefficient (Wildman–Crippen LogP) is 4.79. The molecule has 0 fully saturated rings. The van der Waals surface area contributed by atoms with E-state index in [1.54, 1.807) is 41.6 Å². The highest BCUT2D eigenvalue weighted by Crippen LogP contribution is 2.31. The molecule has 0 aliphatic heterocycles. The zero-order valence-corrected chi connectivity index (χ0v) is 19.7. The van der Waals surface area contributed by atoms with Gasteiger partial charge in [-0.1, -0.05) is 6.07 Å². The Bertz CT molecular complexity index is 1250. The standard InChI is InChI=1S/C25H25F3N4O3/c1-15-16(2)32(19-8-6-18(26)7-9-19)24(20(15)12-29)30-23(33)14-31(3)13-17-5-10-21(34-4)22(11-17)35-25(27)28/h5-11,25H,13-14H2,1-4H3,(H,30,33). The van der Waals surface area contributed by atoms with Crippen LogP contribution in [0.1, 0.15) is 22.4 Å². The number of hydrogen-bond acceptors (Lipinski definition) is 5. The van der Waals surface area contributed by atoms with Gasteiger partial charge in [0.25, 0.3) is 0 Å². The van der Waals surface area contributed by atoms with E-state index in [1.165, 1.54) is 31.4 Å². The van der Waals surface area contributed by atoms with Gasteiger partial charge in [0.05, 0.1) is 19.2 Å². The van der Waals surface area contributed by atoms with Crippen molar-refractivity contribution in [2.24, 2.45) is 0 Å². The predicted molar refractivity (Wildman–Crippen MR) is 125 cm³/mol. The van der Waals surface area contributed by atoms with Gasteiger partial charge in [-0.3, -0.25) is 14.3 Å². The van der Waals surface area contributed by atoms with E-state index in [9.17, 15) is 23.2 Å². The summed E-state index contributed by atoms with van der Waals surface area (Å²) in [7, 11) is 3.04. The van der Waals surface area contributed by atoms with E-state index in [4.69, 9.17) is 4.74 Å². The Labute approximate surface area is 201 Å². The average molecular weight is 486 g/mol. The van der Waals surface area contributed by atoms with Crippen LogP contribution in [0.4, 0.5) is 19.0 Å². The molecule has 0 spiro atoms. The van der Waals surface area contributed by atoms with Crippen LogP contribution < -0.4 is 14.8 Å². The van der Waals surface area contributed by atoms with E-state index in [1.807, 2.05) is 6.92 Å². The van der Waals surface area contributed by atoms with Crippen LogP contribution >= 0.6 is 0 Å². The van der Waals surface area contributed by atoms with E-state index in [0.717, 1.165) is 5.69 Å². The summed E-state index contributed by atoms with van der Waals surface area (Å²) in [4.78, 5) is 14.6. The third-order valence-corrected chi connectivity index (χ3v) is 5.48. The lowest BCUT2D eigenvalue weighted by Gasteiger charge is -2.19. The van der Waals surface area contributed by atoms with E-state index in [-0.39, 0.29) is 30.5 Å². The number of carbonyl (C=O) groups excluding carboxylic acids is 1. The molecule has 3 rings (SSSR count). The topological polar surface area (TPSA) is 79.5 Å². The van der Waals surface area contributed by atoms with Crippen LogP contribution in [-0.4, -0.2) is 42.7 Å². The van der Waals surface area contributed by atoms with Gasteiger partial charge in [-0.2, -0.15) is 14.0 Å². The van der Waals surface area contributed by atoms with Gasteiger partial charge >= 0.3 is 6.61 Å². The summed E-state index contributed by atoms with van der Waals surface area (Å²) in [6.07, 6.45) is 0. The first-order chi connectivity index (χ1) is 16.6. The first kappa shape index (κ1) is 25.6. The Hall–Kier alpha value is -3.97. The molecular weight excluding hydrogens is 461 g/mol. The van der Waals surface area contributed by atoms with Gasteiger partial charge in [-0.25, -0.2) is 4.39 Å². The summed E-state index contributed by atoms with van der Waals surface area (Å²) < 4.78 is 50.1. The minimum Gasteiger partial charge on any atom is -0.493 e. The minimum atomic E-state index is -3.00. The lowest BCUT2D eigenvalue weighted by atomic mass is 10.2. The molecule has 2 aromatic carbocycles. The molecule has 0 bridgehead atoms. The fourth-order valence-corrected chi connectivity index (χ4v) is 3.77. The number of nitriles is 1. The number of benzene rings is 2. The molecule has 0 saturated heterocycles. The Morgan fingerprint density at radius 3 is 2.46 bits per heavy atom. The largest absolute Gasteiger partial charge is 0.493 e. The molecule has 1 amide bonds. The van der Waals surface area contributed by atoms with Gasteiger partial charge < -0.3 is 14.8 Å². The summed E-state index contributed by atoms with van der Waals surface area (Å²) in [5.41, 5.74) is 2.98. The molecule has 7 nitrogen and oxygen atoms in total. The van der Waals surface area contributed by atoms with E-state index < -0.39 is 12.4 Å². The molecule has 0 aliphatic rings. The van der Waals surface area contributed by atoms with Crippen LogP contribution in [0.5, 0.6) is 11.5 Å². The molecule has 1 N–H and O–H groups in total. The van der Waals surface area contributed by atoms with Gasteiger partial charge in [-0.05, 0) is 68.4 Å². The maximum Gasteiger partial charge on any atom is 0.387 e. The number of amides is 1. The molecule has 3 aromatic rings. The highest BCUT2D eigenvalue weighted by atomic mass is 19.3. The van der Waals surface area contributed by atoms with Crippen molar-refractivity contribution in [1.29, 1.82) is 5.26 Å². The molecule has 1 heterocycles. The van der Waals surface area contributed by atoms with Crippen LogP contribution in [0, 0.1) is 31.0 Å². The average Bonchev–Trinajstić information content (AvgIpc) is 3.03. The monoisotopic (exact) mass is 486 g/mol. The molecule has 0 radical (unpaired) electrons. The summed E-state index contributed by atoms with van der Waals surface area (Å²) in [6, 6.07) is 12.5. The number of hydrogen-bond donors (Lipinski definition) is 1. The fraction of sp³-hybridized carbons (Fsp3) is 0.280. The van der Waals surface area contributed by atoms with Crippen molar-refractivity contribution in [3.05, 3.63) is 70.7 Å². The number of methoxy groups -OCH3 is 1. The van der Waals surface area contributed by atoms with Gasteiger partial charge in [-0.15, -0.1) is 0 Å². The second-order valence-electron chi connectivity index (χ2n) is 7.94. The third kappa shape index (κ3) is 5.94. The van der Waals surface area contributed by atoms with E-state index in [0.29, 0.717) is 28.2 Å². The van der Waals surface area contributed by atoms with Crippen LogP contribution in [0.2, 0.25) is 0 Å². The second kappa shape index (κ2) is 11.0. The first-order valence-corrected chi connectivity index (χ1v) is 10.6. The van der Waals surface area contributed by atoms with E-state index >= 15 is 0 Å². The number of carbonyl (C=O) groups is 1. The van der Waals surface area contributed by atoms with Crippen LogP contribution in [0.25, 0.3) is 5.69 Å². The zero-order chi connectivity index (χ0) is 25.7. The lowest BCUT2D eigenvalue weighted by Crippen LogP contribution is -2.30. The highest BCUT2D eigenvalue weighted by molar-refractivity contribution is 5.93. The van der Waals surface area contributed by atoms with Crippen molar-refractivity contribution in [1.82, 2.24) is 9.47 Å². The Kier molecular flexibility index (Phi) is 8.04. The normalized spacial score (nSPS) is 11.0. The minimum absolute atomic E-state index is 0.0470. The Morgan fingerprint density at radius 1 is 1.17 bits per heavy atom. The quantitative estimate of drug-likeness (QED) is 0.471. The van der Waals surface area contributed by atoms with Crippen LogP contribution in [-0.2, 0) is 11.3 Å². The number of nitrogens with zero attached hydrogens (tertiary/aromatic N) is 3. The van der Waals surface area contributed by atoms with Crippen LogP contribution in [0.3, 0.4) is 0 Å². The number of alkyl halides is 2. The summed E-state index contributed by atoms with van der Waals surface area (Å²) in [5.74, 6) is -0.416. The van der Waals surface area contributed by atoms with Crippen LogP contribution in [0.15, 0.2) is 42.5 Å². The number of halogens is 3. The smallest absolute Gasteiger partial charge is 0.387 e. The molecule has 0 saturated carbocycles. The zero-order valence-electron chi connectivity index (χ0n) is 19.7. The number of nitrogens with one attached hydrogen (secondary N) is 1. The lowest BCUT2D eigenvalue weighted by molar-refractivity contribution is -0.117. The number of likely N-dealkylation sites (N-methyl/N-ethyl adjacent to an activating group) is 1. The van der Waals surface area contributed by atoms with Gasteiger partial charge in [0.2, 0.25) is 5.91 Å². The maximum atomic E-state index is 13.4. The van der Waals surface area contributed by atoms with Crippen molar-refractivity contribution in [3.63, 3.8) is 0 Å². The molecule has 35 heavy (non-hydrogen) atoms. The van der Waals surface area contributed by atoms with Crippen molar-refractivity contribution >= 4 is 11.7 Å². The first-order valence-electron chi connectivity index (χ1n) is 10.6. The molecule has 184 valence electrons. The van der Waals surface area contributed by atoms with Crippen molar-refractivity contribution < 1.29 is 27.4 Å². The van der Waals surface area contributed by atoms with Gasteiger partial charge in [0, 0.05) is 17.9 Å². The number of anilines is 1. The van der Waals surface area contributed by atoms with Crippen molar-refractivity contribution in [3.8, 4) is 23.3 Å². The third-order valence-electron chi connectivity index (χ3n) is 5.48. The molecular formula is C25H25F3N4O3. The van der Waals surface area contributed by atoms with Crippen molar-refractivity contribution in [2.45, 2.75) is 27.0 Å². The summed E-state index contributed by atoms with van der Waals surface area (Å²) >= 11 is 0. The summed E-state index contributed by atoms with van der Waals surface area (Å²) in [6.45, 7) is 0.803. The molecule has 0 aliphatic carbocycles. The van der Waals surface area contributed by atoms with Gasteiger partial charge in [0.1, 0.15) is 17.7 Å². The van der Waals surface area contributed by atoms with Crippen molar-refractivity contribution in [2.75, 3.05) is 26.0 Å². The summed E-state index contributed by atoms with van der Waals surface area (Å²) in [5, 5.41) is 12.5. The maximum absolute atomic E-state index is 13.4. The van der Waals surface area contributed by atoms with E-state index in [2.05, 4.69) is 16.1 Å². The number of ether oxygens (including phenoxy) is 2. The molecule has 0 unspecified atom stereocenters. The second-order valence-corrected chi connectivity index (χ2v) is 7.94. The number of rotatable bonds is 9. The number of aromatic nitrogens is 1. The fourth-order valence-electron chi connectivity index (χ4n) is 3.77. The highest BCUT2D eigenvalue weighted by Gasteiger charge is 2.21.